The molecule has 0 saturated heterocycles. The summed E-state index contributed by atoms with van der Waals surface area (Å²) in [5.41, 5.74) is 1.57. The van der Waals surface area contributed by atoms with Crippen molar-refractivity contribution in [2.75, 3.05) is 12.4 Å². The van der Waals surface area contributed by atoms with Gasteiger partial charge in [-0.2, -0.15) is 5.26 Å². The summed E-state index contributed by atoms with van der Waals surface area (Å²) >= 11 is 12.6. The van der Waals surface area contributed by atoms with Crippen molar-refractivity contribution in [2.45, 2.75) is 6.61 Å². The number of carbonyl (C=O) groups is 1. The van der Waals surface area contributed by atoms with Gasteiger partial charge in [-0.05, 0) is 54.1 Å². The average Bonchev–Trinajstić information content (AvgIpc) is 2.78. The minimum atomic E-state index is -0.604. The summed E-state index contributed by atoms with van der Waals surface area (Å²) in [6.07, 6.45) is 1.39. The van der Waals surface area contributed by atoms with Crippen molar-refractivity contribution in [3.05, 3.63) is 87.4 Å². The predicted octanol–water partition coefficient (Wildman–Crippen LogP) is 5.83. The van der Waals surface area contributed by atoms with Crippen LogP contribution in [0.25, 0.3) is 6.08 Å². The molecule has 3 rings (SSSR count). The average molecular weight is 469 g/mol. The normalized spacial score (nSPS) is 10.9. The Hall–Kier alpha value is -3.66. The van der Waals surface area contributed by atoms with E-state index < -0.39 is 5.91 Å². The van der Waals surface area contributed by atoms with Crippen molar-refractivity contribution in [3.8, 4) is 23.3 Å². The number of phenols is 1. The van der Waals surface area contributed by atoms with Gasteiger partial charge in [0.1, 0.15) is 24.0 Å². The van der Waals surface area contributed by atoms with E-state index in [1.54, 1.807) is 18.2 Å². The topological polar surface area (TPSA) is 91.6 Å². The molecule has 0 saturated carbocycles. The number of methoxy groups -OCH3 is 1. The largest absolute Gasteiger partial charge is 0.508 e. The van der Waals surface area contributed by atoms with Gasteiger partial charge >= 0.3 is 0 Å². The Bertz CT molecular complexity index is 1200. The van der Waals surface area contributed by atoms with Gasteiger partial charge in [0.05, 0.1) is 12.1 Å². The zero-order valence-electron chi connectivity index (χ0n) is 16.9. The Morgan fingerprint density at radius 1 is 1.12 bits per heavy atom. The number of ether oxygens (including phenoxy) is 2. The van der Waals surface area contributed by atoms with Crippen LogP contribution in [0.4, 0.5) is 5.69 Å². The molecular formula is C24H18Cl2N2O4. The van der Waals surface area contributed by atoms with Gasteiger partial charge in [-0.1, -0.05) is 41.4 Å². The Morgan fingerprint density at radius 2 is 1.84 bits per heavy atom. The van der Waals surface area contributed by atoms with Crippen molar-refractivity contribution < 1.29 is 19.4 Å². The number of aromatic hydroxyl groups is 1. The van der Waals surface area contributed by atoms with Gasteiger partial charge in [0, 0.05) is 16.3 Å². The number of rotatable bonds is 7. The molecule has 0 unspecified atom stereocenters. The highest BCUT2D eigenvalue weighted by molar-refractivity contribution is 6.32. The molecule has 8 heteroatoms. The molecule has 0 bridgehead atoms. The summed E-state index contributed by atoms with van der Waals surface area (Å²) in [5.74, 6) is 0.121. The first-order valence-corrected chi connectivity index (χ1v) is 10.1. The molecular weight excluding hydrogens is 451 g/mol. The zero-order valence-corrected chi connectivity index (χ0v) is 18.4. The van der Waals surface area contributed by atoms with Crippen molar-refractivity contribution in [1.29, 1.82) is 5.26 Å². The number of hydrogen-bond acceptors (Lipinski definition) is 5. The maximum atomic E-state index is 12.5. The minimum absolute atomic E-state index is 0.0672. The van der Waals surface area contributed by atoms with Gasteiger partial charge in [0.2, 0.25) is 0 Å². The molecule has 1 amide bonds. The lowest BCUT2D eigenvalue weighted by atomic mass is 10.1. The monoisotopic (exact) mass is 468 g/mol. The Morgan fingerprint density at radius 3 is 2.50 bits per heavy atom. The standard InChI is InChI=1S/C24H18Cl2N2O4/c1-31-22-12-15(10-17(13-27)24(30)28-18-6-8-19(29)9-7-18)11-21(26)23(22)32-14-16-4-2-3-5-20(16)25/h2-12,29H,14H2,1H3,(H,28,30)/b17-10+. The SMILES string of the molecule is COc1cc(/C=C(\C#N)C(=O)Nc2ccc(O)cc2)cc(Cl)c1OCc1ccccc1Cl. The molecule has 32 heavy (non-hydrogen) atoms. The smallest absolute Gasteiger partial charge is 0.266 e. The molecule has 162 valence electrons. The summed E-state index contributed by atoms with van der Waals surface area (Å²) in [6, 6.07) is 18.2. The Kier molecular flexibility index (Phi) is 7.61. The number of carbonyl (C=O) groups excluding carboxylic acids is 1. The quantitative estimate of drug-likeness (QED) is 0.258. The van der Waals surface area contributed by atoms with Crippen LogP contribution in [0.5, 0.6) is 17.2 Å². The number of nitrogens with zero attached hydrogens (tertiary/aromatic N) is 1. The number of benzene rings is 3. The summed E-state index contributed by atoms with van der Waals surface area (Å²) < 4.78 is 11.2. The third kappa shape index (κ3) is 5.73. The summed E-state index contributed by atoms with van der Waals surface area (Å²) in [4.78, 5) is 12.5. The molecule has 0 aromatic heterocycles. The maximum Gasteiger partial charge on any atom is 0.266 e. The lowest BCUT2D eigenvalue weighted by molar-refractivity contribution is -0.112. The van der Waals surface area contributed by atoms with Gasteiger partial charge < -0.3 is 19.9 Å². The molecule has 0 aliphatic heterocycles. The van der Waals surface area contributed by atoms with Crippen molar-refractivity contribution >= 4 is 40.9 Å². The van der Waals surface area contributed by atoms with E-state index in [9.17, 15) is 15.2 Å². The zero-order chi connectivity index (χ0) is 23.1. The number of nitriles is 1. The molecule has 0 aliphatic rings. The molecule has 0 fully saturated rings. The van der Waals surface area contributed by atoms with Crippen LogP contribution < -0.4 is 14.8 Å². The van der Waals surface area contributed by atoms with Crippen molar-refractivity contribution in [2.24, 2.45) is 0 Å². The fourth-order valence-electron chi connectivity index (χ4n) is 2.79. The Labute approximate surface area is 195 Å². The molecule has 3 aromatic rings. The molecule has 0 spiro atoms. The van der Waals surface area contributed by atoms with E-state index in [-0.39, 0.29) is 23.0 Å². The number of nitrogens with one attached hydrogen (secondary N) is 1. The molecule has 3 aromatic carbocycles. The predicted molar refractivity (Wildman–Crippen MR) is 124 cm³/mol. The second-order valence-electron chi connectivity index (χ2n) is 6.59. The van der Waals surface area contributed by atoms with E-state index in [0.29, 0.717) is 27.8 Å². The van der Waals surface area contributed by atoms with Gasteiger partial charge in [0.25, 0.3) is 5.91 Å². The lowest BCUT2D eigenvalue weighted by Gasteiger charge is -2.14. The second-order valence-corrected chi connectivity index (χ2v) is 7.40. The van der Waals surface area contributed by atoms with Gasteiger partial charge in [-0.15, -0.1) is 0 Å². The Balaban J connectivity index is 1.82. The first kappa shape index (κ1) is 23.0. The summed E-state index contributed by atoms with van der Waals surface area (Å²) in [5, 5.41) is 22.2. The molecule has 0 atom stereocenters. The number of amides is 1. The first-order chi connectivity index (χ1) is 15.4. The molecule has 2 N–H and O–H groups in total. The van der Waals surface area contributed by atoms with E-state index >= 15 is 0 Å². The van der Waals surface area contributed by atoms with Gasteiger partial charge in [0.15, 0.2) is 11.5 Å². The van der Waals surface area contributed by atoms with Crippen LogP contribution >= 0.6 is 23.2 Å². The van der Waals surface area contributed by atoms with Crippen LogP contribution in [-0.4, -0.2) is 18.1 Å². The molecule has 0 heterocycles. The van der Waals surface area contributed by atoms with E-state index in [1.807, 2.05) is 24.3 Å². The van der Waals surface area contributed by atoms with Crippen LogP contribution in [0.3, 0.4) is 0 Å². The maximum absolute atomic E-state index is 12.5. The van der Waals surface area contributed by atoms with Crippen LogP contribution in [0.1, 0.15) is 11.1 Å². The van der Waals surface area contributed by atoms with Crippen LogP contribution in [0.2, 0.25) is 10.0 Å². The molecule has 6 nitrogen and oxygen atoms in total. The number of anilines is 1. The lowest BCUT2D eigenvalue weighted by Crippen LogP contribution is -2.13. The highest BCUT2D eigenvalue weighted by Gasteiger charge is 2.15. The number of halogens is 2. The fourth-order valence-corrected chi connectivity index (χ4v) is 3.25. The van der Waals surface area contributed by atoms with Crippen LogP contribution in [0.15, 0.2) is 66.2 Å². The summed E-state index contributed by atoms with van der Waals surface area (Å²) in [7, 11) is 1.46. The third-order valence-corrected chi connectivity index (χ3v) is 5.03. The van der Waals surface area contributed by atoms with E-state index in [0.717, 1.165) is 5.56 Å². The van der Waals surface area contributed by atoms with E-state index in [2.05, 4.69) is 5.32 Å². The molecule has 0 aliphatic carbocycles. The van der Waals surface area contributed by atoms with Crippen molar-refractivity contribution in [3.63, 3.8) is 0 Å². The highest BCUT2D eigenvalue weighted by atomic mass is 35.5. The van der Waals surface area contributed by atoms with E-state index in [4.69, 9.17) is 32.7 Å². The highest BCUT2D eigenvalue weighted by Crippen LogP contribution is 2.38. The van der Waals surface area contributed by atoms with Crippen LogP contribution in [0, 0.1) is 11.3 Å². The summed E-state index contributed by atoms with van der Waals surface area (Å²) in [6.45, 7) is 0.184. The van der Waals surface area contributed by atoms with Crippen molar-refractivity contribution in [1.82, 2.24) is 0 Å². The first-order valence-electron chi connectivity index (χ1n) is 9.37. The fraction of sp³-hybridized carbons (Fsp3) is 0.0833. The van der Waals surface area contributed by atoms with E-state index in [1.165, 1.54) is 37.5 Å². The molecule has 0 radical (unpaired) electrons. The third-order valence-electron chi connectivity index (χ3n) is 4.38. The van der Waals surface area contributed by atoms with Gasteiger partial charge in [-0.3, -0.25) is 4.79 Å². The minimum Gasteiger partial charge on any atom is -0.508 e. The number of hydrogen-bond donors (Lipinski definition) is 2. The van der Waals surface area contributed by atoms with Crippen LogP contribution in [-0.2, 0) is 11.4 Å². The number of phenolic OH excluding ortho intramolecular Hbond substituents is 1. The second kappa shape index (κ2) is 10.6. The van der Waals surface area contributed by atoms with Gasteiger partial charge in [-0.25, -0.2) is 0 Å².